The minimum atomic E-state index is -0.741. The molecule has 1 aromatic carbocycles. The quantitative estimate of drug-likeness (QED) is 0.544. The van der Waals surface area contributed by atoms with Crippen molar-refractivity contribution in [1.82, 2.24) is 4.98 Å². The van der Waals surface area contributed by atoms with E-state index in [4.69, 9.17) is 15.6 Å². The first-order valence-corrected chi connectivity index (χ1v) is 9.71. The number of nitrogens with zero attached hydrogens (tertiary/aromatic N) is 1. The van der Waals surface area contributed by atoms with Crippen LogP contribution in [0.25, 0.3) is 10.9 Å². The van der Waals surface area contributed by atoms with E-state index in [2.05, 4.69) is 18.0 Å². The predicted octanol–water partition coefficient (Wildman–Crippen LogP) is 5.13. The number of nitrogens with two attached hydrogens (primary N) is 1. The number of fused-ring (bicyclic) bond motifs is 1. The summed E-state index contributed by atoms with van der Waals surface area (Å²) >= 11 is 0. The van der Waals surface area contributed by atoms with Crippen LogP contribution in [0.2, 0.25) is 0 Å². The van der Waals surface area contributed by atoms with Gasteiger partial charge in [-0.1, -0.05) is 38.0 Å². The number of carboxylic acids is 1. The molecule has 0 saturated carbocycles. The number of pyridine rings is 1. The van der Waals surface area contributed by atoms with Gasteiger partial charge in [0.05, 0.1) is 18.3 Å². The summed E-state index contributed by atoms with van der Waals surface area (Å²) in [4.78, 5) is 14.8. The Hall–Kier alpha value is -2.56. The topological polar surface area (TPSA) is 85.4 Å². The number of aromatic nitrogens is 1. The van der Waals surface area contributed by atoms with Crippen LogP contribution in [0.15, 0.2) is 35.9 Å². The third-order valence-corrected chi connectivity index (χ3v) is 4.72. The van der Waals surface area contributed by atoms with E-state index >= 15 is 0 Å². The summed E-state index contributed by atoms with van der Waals surface area (Å²) in [7, 11) is 1.66. The van der Waals surface area contributed by atoms with Crippen molar-refractivity contribution in [3.8, 4) is 5.88 Å². The first kappa shape index (κ1) is 20.7. The fourth-order valence-corrected chi connectivity index (χ4v) is 3.20. The first-order chi connectivity index (χ1) is 13.1. The Labute approximate surface area is 161 Å². The number of allylic oxidation sites excluding steroid dienone is 1. The average molecular weight is 370 g/mol. The number of aryl methyl sites for hydroxylation is 1. The Balaban J connectivity index is 0.000000244. The van der Waals surface area contributed by atoms with Crippen LogP contribution in [-0.2, 0) is 11.2 Å². The molecule has 0 unspecified atom stereocenters. The van der Waals surface area contributed by atoms with Crippen molar-refractivity contribution in [3.05, 3.63) is 41.5 Å². The second-order valence-electron chi connectivity index (χ2n) is 6.81. The number of benzene rings is 1. The molecule has 0 amide bonds. The van der Waals surface area contributed by atoms with E-state index < -0.39 is 5.97 Å². The summed E-state index contributed by atoms with van der Waals surface area (Å²) in [5.41, 5.74) is 9.23. The number of para-hydroxylation sites is 1. The van der Waals surface area contributed by atoms with Gasteiger partial charge in [0.15, 0.2) is 0 Å². The molecule has 5 heteroatoms. The van der Waals surface area contributed by atoms with Gasteiger partial charge in [-0.2, -0.15) is 0 Å². The summed E-state index contributed by atoms with van der Waals surface area (Å²) in [6.07, 6.45) is 10.4. The molecule has 3 rings (SSSR count). The minimum Gasteiger partial charge on any atom is -0.481 e. The zero-order chi connectivity index (χ0) is 19.6. The summed E-state index contributed by atoms with van der Waals surface area (Å²) in [6.45, 7) is 2.20. The minimum absolute atomic E-state index is 0.598. The van der Waals surface area contributed by atoms with E-state index in [1.165, 1.54) is 24.8 Å². The van der Waals surface area contributed by atoms with E-state index in [1.54, 1.807) is 7.11 Å². The number of unbranched alkanes of at least 4 members (excludes halogenated alkanes) is 2. The van der Waals surface area contributed by atoms with Crippen molar-refractivity contribution in [2.45, 2.75) is 58.3 Å². The van der Waals surface area contributed by atoms with E-state index in [9.17, 15) is 4.79 Å². The van der Waals surface area contributed by atoms with Crippen LogP contribution in [0, 0.1) is 0 Å². The smallest absolute Gasteiger partial charge is 0.331 e. The third kappa shape index (κ3) is 5.98. The summed E-state index contributed by atoms with van der Waals surface area (Å²) in [6, 6.07) is 8.02. The molecule has 27 heavy (non-hydrogen) atoms. The molecule has 0 saturated heterocycles. The molecule has 5 nitrogen and oxygen atoms in total. The molecule has 0 bridgehead atoms. The van der Waals surface area contributed by atoms with Crippen molar-refractivity contribution in [2.24, 2.45) is 0 Å². The molecule has 0 atom stereocenters. The maximum atomic E-state index is 10.3. The lowest BCUT2D eigenvalue weighted by Crippen LogP contribution is -2.03. The number of aliphatic carboxylic acids is 1. The fourth-order valence-electron chi connectivity index (χ4n) is 3.20. The standard InChI is InChI=1S/C15H20N2O.C7H10O2/c1-3-4-5-7-12-10-11-8-6-9-13(16)14(11)17-15(12)18-2;8-7(9)6-4-2-1-3-5-6/h6,8-10H,3-5,7,16H2,1-2H3;4H,1-3,5H2,(H,8,9). The molecular formula is C22H30N2O3. The van der Waals surface area contributed by atoms with Crippen molar-refractivity contribution < 1.29 is 14.6 Å². The number of methoxy groups -OCH3 is 1. The van der Waals surface area contributed by atoms with Gasteiger partial charge in [0, 0.05) is 16.5 Å². The van der Waals surface area contributed by atoms with Crippen LogP contribution in [0.1, 0.15) is 57.4 Å². The lowest BCUT2D eigenvalue weighted by molar-refractivity contribution is -0.132. The predicted molar refractivity (Wildman–Crippen MR) is 110 cm³/mol. The number of nitrogen functional groups attached to an aromatic ring is 1. The van der Waals surface area contributed by atoms with Gasteiger partial charge in [-0.25, -0.2) is 9.78 Å². The van der Waals surface area contributed by atoms with Crippen LogP contribution in [0.4, 0.5) is 5.69 Å². The monoisotopic (exact) mass is 370 g/mol. The Morgan fingerprint density at radius 2 is 2.11 bits per heavy atom. The van der Waals surface area contributed by atoms with E-state index in [1.807, 2.05) is 24.3 Å². The molecule has 1 aromatic heterocycles. The SMILES string of the molecule is CCCCCc1cc2cccc(N)c2nc1OC.O=C(O)C1=CCCCC1. The first-order valence-electron chi connectivity index (χ1n) is 9.71. The highest BCUT2D eigenvalue weighted by atomic mass is 16.5. The molecule has 0 aliphatic heterocycles. The lowest BCUT2D eigenvalue weighted by Gasteiger charge is -2.10. The average Bonchev–Trinajstić information content (AvgIpc) is 2.69. The zero-order valence-corrected chi connectivity index (χ0v) is 16.3. The molecule has 1 aliphatic carbocycles. The third-order valence-electron chi connectivity index (χ3n) is 4.72. The second-order valence-corrected chi connectivity index (χ2v) is 6.81. The van der Waals surface area contributed by atoms with Crippen LogP contribution in [-0.4, -0.2) is 23.2 Å². The van der Waals surface area contributed by atoms with E-state index in [0.717, 1.165) is 43.0 Å². The number of anilines is 1. The summed E-state index contributed by atoms with van der Waals surface area (Å²) in [5.74, 6) is -0.0359. The molecule has 3 N–H and O–H groups in total. The molecule has 1 heterocycles. The number of ether oxygens (including phenoxy) is 1. The van der Waals surface area contributed by atoms with Crippen LogP contribution in [0.3, 0.4) is 0 Å². The Morgan fingerprint density at radius 1 is 1.30 bits per heavy atom. The van der Waals surface area contributed by atoms with E-state index in [-0.39, 0.29) is 0 Å². The molecule has 0 radical (unpaired) electrons. The van der Waals surface area contributed by atoms with Crippen LogP contribution >= 0.6 is 0 Å². The van der Waals surface area contributed by atoms with Gasteiger partial charge in [-0.3, -0.25) is 0 Å². The number of carbonyl (C=O) groups is 1. The molecule has 0 spiro atoms. The van der Waals surface area contributed by atoms with Crippen molar-refractivity contribution >= 4 is 22.6 Å². The van der Waals surface area contributed by atoms with Gasteiger partial charge in [-0.05, 0) is 50.7 Å². The van der Waals surface area contributed by atoms with Crippen molar-refractivity contribution in [3.63, 3.8) is 0 Å². The highest BCUT2D eigenvalue weighted by Gasteiger charge is 2.09. The van der Waals surface area contributed by atoms with Gasteiger partial charge in [0.25, 0.3) is 0 Å². The zero-order valence-electron chi connectivity index (χ0n) is 16.3. The van der Waals surface area contributed by atoms with Gasteiger partial charge >= 0.3 is 5.97 Å². The molecular weight excluding hydrogens is 340 g/mol. The number of hydrogen-bond acceptors (Lipinski definition) is 4. The molecule has 146 valence electrons. The van der Waals surface area contributed by atoms with Gasteiger partial charge < -0.3 is 15.6 Å². The summed E-state index contributed by atoms with van der Waals surface area (Å²) < 4.78 is 5.37. The van der Waals surface area contributed by atoms with Crippen LogP contribution < -0.4 is 10.5 Å². The largest absolute Gasteiger partial charge is 0.481 e. The Morgan fingerprint density at radius 3 is 2.70 bits per heavy atom. The number of carboxylic acid groups (broad SMARTS) is 1. The van der Waals surface area contributed by atoms with E-state index in [0.29, 0.717) is 17.1 Å². The molecule has 2 aromatic rings. The molecule has 0 fully saturated rings. The normalized spacial score (nSPS) is 13.5. The maximum Gasteiger partial charge on any atom is 0.331 e. The second kappa shape index (κ2) is 10.6. The highest BCUT2D eigenvalue weighted by molar-refractivity contribution is 5.90. The van der Waals surface area contributed by atoms with Crippen molar-refractivity contribution in [1.29, 1.82) is 0 Å². The lowest BCUT2D eigenvalue weighted by atomic mass is 10.0. The highest BCUT2D eigenvalue weighted by Crippen LogP contribution is 2.27. The van der Waals surface area contributed by atoms with Gasteiger partial charge in [0.1, 0.15) is 0 Å². The summed E-state index contributed by atoms with van der Waals surface area (Å²) in [5, 5.41) is 9.56. The number of hydrogen-bond donors (Lipinski definition) is 2. The number of rotatable bonds is 6. The van der Waals surface area contributed by atoms with Crippen molar-refractivity contribution in [2.75, 3.05) is 12.8 Å². The van der Waals surface area contributed by atoms with Gasteiger partial charge in [-0.15, -0.1) is 0 Å². The molecule has 1 aliphatic rings. The van der Waals surface area contributed by atoms with Gasteiger partial charge in [0.2, 0.25) is 5.88 Å². The fraction of sp³-hybridized carbons (Fsp3) is 0.455. The Bertz CT molecular complexity index is 799. The van der Waals surface area contributed by atoms with Crippen LogP contribution in [0.5, 0.6) is 5.88 Å². The Kier molecular flexibility index (Phi) is 8.11. The maximum absolute atomic E-state index is 10.3.